The molecule has 3 heteroatoms. The van der Waals surface area contributed by atoms with E-state index in [2.05, 4.69) is 21.8 Å². The fourth-order valence-electron chi connectivity index (χ4n) is 2.61. The monoisotopic (exact) mass is 221 g/mol. The van der Waals surface area contributed by atoms with Crippen LogP contribution < -0.4 is 5.32 Å². The average Bonchev–Trinajstić information content (AvgIpc) is 2.77. The van der Waals surface area contributed by atoms with E-state index >= 15 is 0 Å². The van der Waals surface area contributed by atoms with Gasteiger partial charge in [-0.3, -0.25) is 0 Å². The number of aromatic nitrogens is 2. The zero-order valence-electron chi connectivity index (χ0n) is 10.2. The van der Waals surface area contributed by atoms with Crippen LogP contribution in [-0.4, -0.2) is 22.1 Å². The summed E-state index contributed by atoms with van der Waals surface area (Å²) in [5.74, 6) is 0.917. The van der Waals surface area contributed by atoms with Crippen LogP contribution >= 0.6 is 0 Å². The standard InChI is InChI=1S/C13H23N3/c1-12-4-2-5-13(10-12)15-6-3-8-16-9-7-14-11-16/h7,9,11-13,15H,2-6,8,10H2,1H3. The minimum Gasteiger partial charge on any atom is -0.337 e. The summed E-state index contributed by atoms with van der Waals surface area (Å²) in [6.07, 6.45) is 12.5. The molecule has 90 valence electrons. The molecule has 1 fully saturated rings. The fraction of sp³-hybridized carbons (Fsp3) is 0.769. The van der Waals surface area contributed by atoms with Crippen molar-refractivity contribution in [3.05, 3.63) is 18.7 Å². The fourth-order valence-corrected chi connectivity index (χ4v) is 2.61. The van der Waals surface area contributed by atoms with Gasteiger partial charge in [0.15, 0.2) is 0 Å². The van der Waals surface area contributed by atoms with E-state index in [1.54, 1.807) is 0 Å². The van der Waals surface area contributed by atoms with E-state index in [0.717, 1.165) is 25.0 Å². The molecule has 3 nitrogen and oxygen atoms in total. The maximum atomic E-state index is 4.04. The van der Waals surface area contributed by atoms with E-state index in [4.69, 9.17) is 0 Å². The second-order valence-electron chi connectivity index (χ2n) is 5.08. The van der Waals surface area contributed by atoms with E-state index < -0.39 is 0 Å². The predicted molar refractivity (Wildman–Crippen MR) is 66.3 cm³/mol. The number of hydrogen-bond donors (Lipinski definition) is 1. The van der Waals surface area contributed by atoms with Crippen LogP contribution in [0.2, 0.25) is 0 Å². The number of aryl methyl sites for hydroxylation is 1. The minimum absolute atomic E-state index is 0.770. The minimum atomic E-state index is 0.770. The van der Waals surface area contributed by atoms with Crippen LogP contribution in [0.3, 0.4) is 0 Å². The number of imidazole rings is 1. The first-order valence-corrected chi connectivity index (χ1v) is 6.53. The van der Waals surface area contributed by atoms with Crippen LogP contribution in [0.5, 0.6) is 0 Å². The Morgan fingerprint density at radius 1 is 1.44 bits per heavy atom. The number of rotatable bonds is 5. The third-order valence-electron chi connectivity index (χ3n) is 3.52. The average molecular weight is 221 g/mol. The molecule has 1 saturated carbocycles. The summed E-state index contributed by atoms with van der Waals surface area (Å²) >= 11 is 0. The Morgan fingerprint density at radius 3 is 3.12 bits per heavy atom. The molecule has 2 rings (SSSR count). The molecule has 1 aliphatic carbocycles. The Balaban J connectivity index is 1.57. The van der Waals surface area contributed by atoms with E-state index in [1.165, 1.54) is 32.1 Å². The molecule has 2 unspecified atom stereocenters. The van der Waals surface area contributed by atoms with E-state index in [0.29, 0.717) is 0 Å². The molecule has 1 N–H and O–H groups in total. The summed E-state index contributed by atoms with van der Waals surface area (Å²) in [5.41, 5.74) is 0. The zero-order chi connectivity index (χ0) is 11.2. The van der Waals surface area contributed by atoms with Crippen LogP contribution in [0, 0.1) is 5.92 Å². The second kappa shape index (κ2) is 6.04. The summed E-state index contributed by atoms with van der Waals surface area (Å²) in [5, 5.41) is 3.68. The smallest absolute Gasteiger partial charge is 0.0945 e. The van der Waals surface area contributed by atoms with Gasteiger partial charge in [0.2, 0.25) is 0 Å². The van der Waals surface area contributed by atoms with Gasteiger partial charge in [0.05, 0.1) is 6.33 Å². The highest BCUT2D eigenvalue weighted by atomic mass is 15.0. The Bertz CT molecular complexity index is 281. The van der Waals surface area contributed by atoms with Crippen molar-refractivity contribution in [3.8, 4) is 0 Å². The molecule has 0 saturated heterocycles. The van der Waals surface area contributed by atoms with Gasteiger partial charge in [0.1, 0.15) is 0 Å². The van der Waals surface area contributed by atoms with Gasteiger partial charge in [-0.2, -0.15) is 0 Å². The SMILES string of the molecule is CC1CCCC(NCCCn2ccnc2)C1. The lowest BCUT2D eigenvalue weighted by molar-refractivity contribution is 0.300. The van der Waals surface area contributed by atoms with Crippen molar-refractivity contribution in [1.29, 1.82) is 0 Å². The lowest BCUT2D eigenvalue weighted by Gasteiger charge is -2.27. The van der Waals surface area contributed by atoms with Crippen LogP contribution in [0.1, 0.15) is 39.0 Å². The highest BCUT2D eigenvalue weighted by molar-refractivity contribution is 4.77. The van der Waals surface area contributed by atoms with E-state index in [-0.39, 0.29) is 0 Å². The Hall–Kier alpha value is -0.830. The van der Waals surface area contributed by atoms with E-state index in [1.807, 2.05) is 18.7 Å². The molecular formula is C13H23N3. The molecule has 0 bridgehead atoms. The number of nitrogens with one attached hydrogen (secondary N) is 1. The lowest BCUT2D eigenvalue weighted by atomic mass is 9.87. The van der Waals surface area contributed by atoms with Crippen molar-refractivity contribution in [2.45, 2.75) is 51.6 Å². The summed E-state index contributed by atoms with van der Waals surface area (Å²) in [6, 6.07) is 0.770. The topological polar surface area (TPSA) is 29.9 Å². The van der Waals surface area contributed by atoms with Gasteiger partial charge >= 0.3 is 0 Å². The summed E-state index contributed by atoms with van der Waals surface area (Å²) in [6.45, 7) is 4.59. The van der Waals surface area contributed by atoms with Crippen LogP contribution in [0.25, 0.3) is 0 Å². The van der Waals surface area contributed by atoms with Crippen molar-refractivity contribution in [3.63, 3.8) is 0 Å². The summed E-state index contributed by atoms with van der Waals surface area (Å²) < 4.78 is 2.14. The first kappa shape index (κ1) is 11.6. The molecule has 1 heterocycles. The molecule has 1 aromatic heterocycles. The molecule has 0 aromatic carbocycles. The normalized spacial score (nSPS) is 25.8. The Morgan fingerprint density at radius 2 is 2.38 bits per heavy atom. The van der Waals surface area contributed by atoms with Gasteiger partial charge in [-0.25, -0.2) is 4.98 Å². The van der Waals surface area contributed by atoms with Crippen molar-refractivity contribution in [1.82, 2.24) is 14.9 Å². The first-order chi connectivity index (χ1) is 7.84. The van der Waals surface area contributed by atoms with Gasteiger partial charge in [-0.1, -0.05) is 19.8 Å². The van der Waals surface area contributed by atoms with Crippen molar-refractivity contribution in [2.75, 3.05) is 6.54 Å². The largest absolute Gasteiger partial charge is 0.337 e. The molecule has 0 radical (unpaired) electrons. The molecule has 0 spiro atoms. The maximum Gasteiger partial charge on any atom is 0.0945 e. The van der Waals surface area contributed by atoms with E-state index in [9.17, 15) is 0 Å². The van der Waals surface area contributed by atoms with Crippen molar-refractivity contribution in [2.24, 2.45) is 5.92 Å². The molecule has 16 heavy (non-hydrogen) atoms. The predicted octanol–water partition coefficient (Wildman–Crippen LogP) is 2.44. The van der Waals surface area contributed by atoms with Crippen molar-refractivity contribution >= 4 is 0 Å². The molecule has 0 aliphatic heterocycles. The molecular weight excluding hydrogens is 198 g/mol. The molecule has 2 atom stereocenters. The summed E-state index contributed by atoms with van der Waals surface area (Å²) in [7, 11) is 0. The first-order valence-electron chi connectivity index (χ1n) is 6.53. The molecule has 1 aliphatic rings. The Labute approximate surface area is 98.3 Å². The van der Waals surface area contributed by atoms with Crippen LogP contribution in [-0.2, 0) is 6.54 Å². The van der Waals surface area contributed by atoms with Gasteiger partial charge in [0.25, 0.3) is 0 Å². The third-order valence-corrected chi connectivity index (χ3v) is 3.52. The van der Waals surface area contributed by atoms with Crippen LogP contribution in [0.4, 0.5) is 0 Å². The quantitative estimate of drug-likeness (QED) is 0.774. The molecule has 1 aromatic rings. The van der Waals surface area contributed by atoms with Crippen molar-refractivity contribution < 1.29 is 0 Å². The van der Waals surface area contributed by atoms with Gasteiger partial charge < -0.3 is 9.88 Å². The van der Waals surface area contributed by atoms with Gasteiger partial charge in [-0.05, 0) is 31.7 Å². The second-order valence-corrected chi connectivity index (χ2v) is 5.08. The number of nitrogens with zero attached hydrogens (tertiary/aromatic N) is 2. The number of hydrogen-bond acceptors (Lipinski definition) is 2. The zero-order valence-corrected chi connectivity index (χ0v) is 10.2. The maximum absolute atomic E-state index is 4.04. The van der Waals surface area contributed by atoms with Gasteiger partial charge in [0, 0.05) is 25.0 Å². The Kier molecular flexibility index (Phi) is 4.40. The highest BCUT2D eigenvalue weighted by Crippen LogP contribution is 2.23. The van der Waals surface area contributed by atoms with Crippen LogP contribution in [0.15, 0.2) is 18.7 Å². The molecule has 0 amide bonds. The summed E-state index contributed by atoms with van der Waals surface area (Å²) in [4.78, 5) is 4.04. The third kappa shape index (κ3) is 3.63. The lowest BCUT2D eigenvalue weighted by Crippen LogP contribution is -2.34. The van der Waals surface area contributed by atoms with Gasteiger partial charge in [-0.15, -0.1) is 0 Å². The highest BCUT2D eigenvalue weighted by Gasteiger charge is 2.17.